The van der Waals surface area contributed by atoms with Crippen molar-refractivity contribution in [3.05, 3.63) is 81.2 Å². The fraction of sp³-hybridized carbons (Fsp3) is 0.0476. The normalized spacial score (nSPS) is 14.6. The number of aromatic nitrogens is 1. The number of para-hydroxylation sites is 1. The Labute approximate surface area is 183 Å². The fourth-order valence-corrected chi connectivity index (χ4v) is 4.08. The summed E-state index contributed by atoms with van der Waals surface area (Å²) in [5.74, 6) is -1.34. The number of thiazole rings is 1. The Morgan fingerprint density at radius 3 is 2.67 bits per heavy atom. The van der Waals surface area contributed by atoms with E-state index in [9.17, 15) is 14.0 Å². The molecular weight excluding hydrogens is 473 g/mol. The predicted octanol–water partition coefficient (Wildman–Crippen LogP) is 5.07. The van der Waals surface area contributed by atoms with Crippen LogP contribution in [0.3, 0.4) is 0 Å². The molecule has 150 valence electrons. The summed E-state index contributed by atoms with van der Waals surface area (Å²) in [7, 11) is 0. The van der Waals surface area contributed by atoms with Gasteiger partial charge >= 0.3 is 5.97 Å². The molecule has 4 rings (SSSR count). The van der Waals surface area contributed by atoms with E-state index in [-0.39, 0.29) is 28.3 Å². The van der Waals surface area contributed by atoms with Gasteiger partial charge in [-0.05, 0) is 46.3 Å². The number of esters is 1. The van der Waals surface area contributed by atoms with E-state index < -0.39 is 11.8 Å². The maximum Gasteiger partial charge on any atom is 0.363 e. The average Bonchev–Trinajstić information content (AvgIpc) is 3.31. The van der Waals surface area contributed by atoms with Crippen LogP contribution in [0.25, 0.3) is 6.08 Å². The van der Waals surface area contributed by atoms with Crippen LogP contribution in [0, 0.1) is 5.82 Å². The van der Waals surface area contributed by atoms with Gasteiger partial charge in [-0.15, -0.1) is 11.3 Å². The third-order valence-electron chi connectivity index (χ3n) is 4.12. The highest BCUT2D eigenvalue weighted by Crippen LogP contribution is 2.32. The van der Waals surface area contributed by atoms with Crippen molar-refractivity contribution in [3.63, 3.8) is 0 Å². The number of nitrogens with zero attached hydrogens (tertiary/aromatic N) is 3. The molecule has 0 aliphatic carbocycles. The summed E-state index contributed by atoms with van der Waals surface area (Å²) >= 11 is 4.55. The maximum atomic E-state index is 14.2. The number of aliphatic imine (C=N–C) groups is 1. The lowest BCUT2D eigenvalue weighted by Crippen LogP contribution is -2.23. The molecule has 0 fully saturated rings. The van der Waals surface area contributed by atoms with Crippen molar-refractivity contribution < 1.29 is 18.7 Å². The van der Waals surface area contributed by atoms with Crippen LogP contribution >= 0.6 is 27.3 Å². The third-order valence-corrected chi connectivity index (χ3v) is 5.65. The highest BCUT2D eigenvalue weighted by molar-refractivity contribution is 9.10. The SMILES string of the molecule is CC(=O)N(c1nc(C=C2N=C(c3ccccc3Br)OC2=O)cs1)c1ccccc1F. The van der Waals surface area contributed by atoms with Crippen LogP contribution in [0.5, 0.6) is 0 Å². The summed E-state index contributed by atoms with van der Waals surface area (Å²) in [6.07, 6.45) is 1.46. The largest absolute Gasteiger partial charge is 0.402 e. The van der Waals surface area contributed by atoms with Gasteiger partial charge in [0.25, 0.3) is 0 Å². The van der Waals surface area contributed by atoms with Crippen LogP contribution in [-0.2, 0) is 14.3 Å². The molecule has 0 radical (unpaired) electrons. The van der Waals surface area contributed by atoms with Crippen molar-refractivity contribution in [3.8, 4) is 0 Å². The van der Waals surface area contributed by atoms with E-state index in [0.29, 0.717) is 11.3 Å². The van der Waals surface area contributed by atoms with Crippen molar-refractivity contribution in [2.75, 3.05) is 4.90 Å². The summed E-state index contributed by atoms with van der Waals surface area (Å²) < 4.78 is 20.2. The molecular formula is C21H13BrFN3O3S. The van der Waals surface area contributed by atoms with Gasteiger partial charge in [-0.2, -0.15) is 0 Å². The molecule has 0 bridgehead atoms. The zero-order chi connectivity index (χ0) is 21.3. The van der Waals surface area contributed by atoms with Gasteiger partial charge in [-0.1, -0.05) is 24.3 Å². The Morgan fingerprint density at radius 2 is 1.93 bits per heavy atom. The standard InChI is InChI=1S/C21H13BrFN3O3S/c1-12(27)26(18-9-5-4-8-16(18)23)21-24-13(11-30-21)10-17-20(28)29-19(25-17)14-6-2-3-7-15(14)22/h2-11H,1H3. The van der Waals surface area contributed by atoms with Crippen molar-refractivity contribution >= 4 is 61.9 Å². The molecule has 0 spiro atoms. The van der Waals surface area contributed by atoms with Gasteiger partial charge in [0.1, 0.15) is 5.82 Å². The van der Waals surface area contributed by atoms with Crippen LogP contribution in [0.2, 0.25) is 0 Å². The van der Waals surface area contributed by atoms with Crippen molar-refractivity contribution in [2.24, 2.45) is 4.99 Å². The van der Waals surface area contributed by atoms with E-state index in [4.69, 9.17) is 4.74 Å². The Kier molecular flexibility index (Phi) is 5.56. The Morgan fingerprint density at radius 1 is 1.20 bits per heavy atom. The molecule has 0 unspecified atom stereocenters. The highest BCUT2D eigenvalue weighted by atomic mass is 79.9. The number of halogens is 2. The van der Waals surface area contributed by atoms with E-state index in [2.05, 4.69) is 25.9 Å². The number of cyclic esters (lactones) is 1. The molecule has 1 aromatic heterocycles. The molecule has 1 aliphatic rings. The van der Waals surface area contributed by atoms with Gasteiger partial charge in [0.05, 0.1) is 16.9 Å². The second-order valence-electron chi connectivity index (χ2n) is 6.18. The molecule has 30 heavy (non-hydrogen) atoms. The van der Waals surface area contributed by atoms with E-state index in [1.54, 1.807) is 23.6 Å². The number of ether oxygens (including phenoxy) is 1. The van der Waals surface area contributed by atoms with Crippen molar-refractivity contribution in [1.29, 1.82) is 0 Å². The minimum atomic E-state index is -0.604. The number of amides is 1. The molecule has 0 N–H and O–H groups in total. The predicted molar refractivity (Wildman–Crippen MR) is 116 cm³/mol. The first-order chi connectivity index (χ1) is 14.4. The third kappa shape index (κ3) is 3.94. The first-order valence-electron chi connectivity index (χ1n) is 8.72. The summed E-state index contributed by atoms with van der Waals surface area (Å²) in [6.45, 7) is 1.33. The molecule has 1 amide bonds. The molecule has 3 aromatic rings. The van der Waals surface area contributed by atoms with Gasteiger partial charge in [0.15, 0.2) is 10.8 Å². The highest BCUT2D eigenvalue weighted by Gasteiger charge is 2.26. The first kappa shape index (κ1) is 20.1. The lowest BCUT2D eigenvalue weighted by molar-refractivity contribution is -0.130. The minimum Gasteiger partial charge on any atom is -0.402 e. The van der Waals surface area contributed by atoms with E-state index >= 15 is 0 Å². The zero-order valence-electron chi connectivity index (χ0n) is 15.5. The second-order valence-corrected chi connectivity index (χ2v) is 7.87. The van der Waals surface area contributed by atoms with Gasteiger partial charge in [-0.3, -0.25) is 9.69 Å². The lowest BCUT2D eigenvalue weighted by Gasteiger charge is -2.18. The van der Waals surface area contributed by atoms with E-state index in [0.717, 1.165) is 15.8 Å². The first-order valence-corrected chi connectivity index (χ1v) is 10.4. The number of benzene rings is 2. The van der Waals surface area contributed by atoms with Crippen LogP contribution in [-0.4, -0.2) is 22.8 Å². The maximum absolute atomic E-state index is 14.2. The number of rotatable bonds is 4. The van der Waals surface area contributed by atoms with E-state index in [1.165, 1.54) is 30.0 Å². The fourth-order valence-electron chi connectivity index (χ4n) is 2.78. The summed E-state index contributed by atoms with van der Waals surface area (Å²) in [5.41, 5.74) is 1.24. The van der Waals surface area contributed by atoms with Gasteiger partial charge in [-0.25, -0.2) is 19.2 Å². The van der Waals surface area contributed by atoms with Crippen LogP contribution in [0.15, 0.2) is 69.1 Å². The number of hydrogen-bond donors (Lipinski definition) is 0. The van der Waals surface area contributed by atoms with Crippen LogP contribution < -0.4 is 4.90 Å². The average molecular weight is 486 g/mol. The Balaban J connectivity index is 1.66. The number of carbonyl (C=O) groups is 2. The molecule has 2 heterocycles. The molecule has 0 saturated heterocycles. The number of hydrogen-bond acceptors (Lipinski definition) is 6. The van der Waals surface area contributed by atoms with Gasteiger partial charge in [0, 0.05) is 16.8 Å². The zero-order valence-corrected chi connectivity index (χ0v) is 17.9. The molecule has 0 atom stereocenters. The topological polar surface area (TPSA) is 71.9 Å². The molecule has 9 heteroatoms. The number of anilines is 2. The summed E-state index contributed by atoms with van der Waals surface area (Å²) in [5, 5.41) is 1.93. The molecule has 2 aromatic carbocycles. The Hall–Kier alpha value is -3.17. The quantitative estimate of drug-likeness (QED) is 0.381. The number of carbonyl (C=O) groups excluding carboxylic acids is 2. The Bertz CT molecular complexity index is 1220. The smallest absolute Gasteiger partial charge is 0.363 e. The van der Waals surface area contributed by atoms with Crippen LogP contribution in [0.1, 0.15) is 18.2 Å². The van der Waals surface area contributed by atoms with E-state index in [1.807, 2.05) is 18.2 Å². The minimum absolute atomic E-state index is 0.0814. The second kappa shape index (κ2) is 8.29. The van der Waals surface area contributed by atoms with Gasteiger partial charge in [0.2, 0.25) is 11.8 Å². The van der Waals surface area contributed by atoms with Crippen LogP contribution in [0.4, 0.5) is 15.2 Å². The molecule has 6 nitrogen and oxygen atoms in total. The molecule has 0 saturated carbocycles. The summed E-state index contributed by atoms with van der Waals surface area (Å²) in [6, 6.07) is 13.2. The monoisotopic (exact) mass is 485 g/mol. The van der Waals surface area contributed by atoms with Crippen molar-refractivity contribution in [1.82, 2.24) is 4.98 Å². The van der Waals surface area contributed by atoms with Gasteiger partial charge < -0.3 is 4.74 Å². The summed E-state index contributed by atoms with van der Waals surface area (Å²) in [4.78, 5) is 34.2. The van der Waals surface area contributed by atoms with Crippen molar-refractivity contribution in [2.45, 2.75) is 6.92 Å². The lowest BCUT2D eigenvalue weighted by atomic mass is 10.2. The molecule has 1 aliphatic heterocycles.